The summed E-state index contributed by atoms with van der Waals surface area (Å²) in [5.41, 5.74) is -0.478. The molecule has 4 nitrogen and oxygen atoms in total. The summed E-state index contributed by atoms with van der Waals surface area (Å²) in [6, 6.07) is 5.36. The van der Waals surface area contributed by atoms with E-state index in [9.17, 15) is 18.0 Å². The van der Waals surface area contributed by atoms with Crippen molar-refractivity contribution in [2.45, 2.75) is 12.7 Å². The minimum Gasteiger partial charge on any atom is -0.368 e. The Bertz CT molecular complexity index is 743. The molecule has 2 rings (SSSR count). The molecule has 0 N–H and O–H groups in total. The lowest BCUT2D eigenvalue weighted by Crippen LogP contribution is -2.26. The molecule has 1 aromatic carbocycles. The van der Waals surface area contributed by atoms with Crippen molar-refractivity contribution in [3.63, 3.8) is 0 Å². The second kappa shape index (κ2) is 6.12. The minimum absolute atomic E-state index is 0.00311. The summed E-state index contributed by atoms with van der Waals surface area (Å²) < 4.78 is 40.4. The standard InChI is InChI=1S/C14H13BrF3N3O/c1-20(11-7-19-21(2)13(22)12(11)15)8-9-5-3-4-6-10(9)14(16,17)18/h3-7H,8H2,1-2H3. The molecule has 0 aliphatic heterocycles. The first-order valence-corrected chi connectivity index (χ1v) is 7.09. The molecular formula is C14H13BrF3N3O. The van der Waals surface area contributed by atoms with Crippen LogP contribution in [0.5, 0.6) is 0 Å². The Morgan fingerprint density at radius 2 is 1.95 bits per heavy atom. The fraction of sp³-hybridized carbons (Fsp3) is 0.286. The van der Waals surface area contributed by atoms with Crippen LogP contribution in [0.15, 0.2) is 39.7 Å². The lowest BCUT2D eigenvalue weighted by molar-refractivity contribution is -0.138. The van der Waals surface area contributed by atoms with Crippen molar-refractivity contribution < 1.29 is 13.2 Å². The number of aromatic nitrogens is 2. The third kappa shape index (κ3) is 3.32. The molecule has 0 spiro atoms. The van der Waals surface area contributed by atoms with E-state index in [1.54, 1.807) is 18.0 Å². The van der Waals surface area contributed by atoms with Crippen molar-refractivity contribution in [2.24, 2.45) is 7.05 Å². The van der Waals surface area contributed by atoms with E-state index in [-0.39, 0.29) is 22.1 Å². The van der Waals surface area contributed by atoms with E-state index < -0.39 is 11.7 Å². The van der Waals surface area contributed by atoms with Crippen LogP contribution in [0.2, 0.25) is 0 Å². The maximum Gasteiger partial charge on any atom is 0.416 e. The quantitative estimate of drug-likeness (QED) is 0.826. The van der Waals surface area contributed by atoms with Crippen LogP contribution in [0.25, 0.3) is 0 Å². The zero-order valence-corrected chi connectivity index (χ0v) is 13.4. The van der Waals surface area contributed by atoms with Gasteiger partial charge in [-0.2, -0.15) is 18.3 Å². The Kier molecular flexibility index (Phi) is 4.60. The van der Waals surface area contributed by atoms with Gasteiger partial charge in [-0.05, 0) is 27.6 Å². The zero-order valence-electron chi connectivity index (χ0n) is 11.9. The fourth-order valence-corrected chi connectivity index (χ4v) is 2.71. The van der Waals surface area contributed by atoms with Gasteiger partial charge < -0.3 is 4.90 Å². The molecule has 0 fully saturated rings. The topological polar surface area (TPSA) is 38.1 Å². The molecule has 0 saturated heterocycles. The van der Waals surface area contributed by atoms with Crippen LogP contribution in [0.1, 0.15) is 11.1 Å². The van der Waals surface area contributed by atoms with Crippen LogP contribution in [0.4, 0.5) is 18.9 Å². The Morgan fingerprint density at radius 1 is 1.32 bits per heavy atom. The molecule has 8 heteroatoms. The van der Waals surface area contributed by atoms with Crippen molar-refractivity contribution in [1.29, 1.82) is 0 Å². The van der Waals surface area contributed by atoms with Crippen LogP contribution in [0.3, 0.4) is 0 Å². The number of anilines is 1. The van der Waals surface area contributed by atoms with Gasteiger partial charge in [0.15, 0.2) is 0 Å². The van der Waals surface area contributed by atoms with Crippen LogP contribution < -0.4 is 10.5 Å². The predicted molar refractivity (Wildman–Crippen MR) is 80.7 cm³/mol. The normalized spacial score (nSPS) is 11.5. The van der Waals surface area contributed by atoms with Gasteiger partial charge in [-0.25, -0.2) is 4.68 Å². The monoisotopic (exact) mass is 375 g/mol. The van der Waals surface area contributed by atoms with E-state index in [1.807, 2.05) is 0 Å². The SMILES string of the molecule is CN(Cc1ccccc1C(F)(F)F)c1cnn(C)c(=O)c1Br. The summed E-state index contributed by atoms with van der Waals surface area (Å²) in [7, 11) is 3.10. The van der Waals surface area contributed by atoms with Crippen LogP contribution in [-0.4, -0.2) is 16.8 Å². The van der Waals surface area contributed by atoms with Gasteiger partial charge in [0.1, 0.15) is 4.47 Å². The van der Waals surface area contributed by atoms with Gasteiger partial charge in [-0.1, -0.05) is 18.2 Å². The summed E-state index contributed by atoms with van der Waals surface area (Å²) in [6.07, 6.45) is -2.98. The third-order valence-electron chi connectivity index (χ3n) is 3.20. The summed E-state index contributed by atoms with van der Waals surface area (Å²) >= 11 is 3.17. The number of halogens is 4. The number of nitrogens with zero attached hydrogens (tertiary/aromatic N) is 3. The van der Waals surface area contributed by atoms with Gasteiger partial charge in [0.25, 0.3) is 5.56 Å². The molecule has 0 unspecified atom stereocenters. The lowest BCUT2D eigenvalue weighted by atomic mass is 10.1. The average molecular weight is 376 g/mol. The highest BCUT2D eigenvalue weighted by Gasteiger charge is 2.33. The van der Waals surface area contributed by atoms with E-state index in [4.69, 9.17) is 0 Å². The van der Waals surface area contributed by atoms with Gasteiger partial charge in [-0.3, -0.25) is 4.79 Å². The Balaban J connectivity index is 2.37. The van der Waals surface area contributed by atoms with E-state index in [1.165, 1.54) is 25.4 Å². The van der Waals surface area contributed by atoms with E-state index in [2.05, 4.69) is 21.0 Å². The first-order chi connectivity index (χ1) is 10.2. The first kappa shape index (κ1) is 16.5. The molecule has 2 aromatic rings. The minimum atomic E-state index is -4.42. The average Bonchev–Trinajstić information content (AvgIpc) is 2.44. The largest absolute Gasteiger partial charge is 0.416 e. The number of benzene rings is 1. The fourth-order valence-electron chi connectivity index (χ4n) is 2.04. The molecule has 0 aliphatic rings. The van der Waals surface area contributed by atoms with Gasteiger partial charge in [0.2, 0.25) is 0 Å². The lowest BCUT2D eigenvalue weighted by Gasteiger charge is -2.22. The number of alkyl halides is 3. The second-order valence-electron chi connectivity index (χ2n) is 4.78. The van der Waals surface area contributed by atoms with E-state index in [0.29, 0.717) is 5.69 Å². The van der Waals surface area contributed by atoms with Crippen LogP contribution in [0, 0.1) is 0 Å². The molecule has 0 atom stereocenters. The molecule has 0 aliphatic carbocycles. The summed E-state index contributed by atoms with van der Waals surface area (Å²) in [5, 5.41) is 3.88. The molecule has 0 radical (unpaired) electrons. The first-order valence-electron chi connectivity index (χ1n) is 6.30. The number of rotatable bonds is 3. The van der Waals surface area contributed by atoms with Crippen LogP contribution in [-0.2, 0) is 19.8 Å². The highest BCUT2D eigenvalue weighted by molar-refractivity contribution is 9.10. The van der Waals surface area contributed by atoms with Crippen molar-refractivity contribution in [3.05, 3.63) is 56.4 Å². The molecule has 1 aromatic heterocycles. The van der Waals surface area contributed by atoms with Crippen LogP contribution >= 0.6 is 15.9 Å². The Hall–Kier alpha value is -1.83. The molecule has 118 valence electrons. The summed E-state index contributed by atoms with van der Waals surface area (Å²) in [5.74, 6) is 0. The second-order valence-corrected chi connectivity index (χ2v) is 5.58. The predicted octanol–water partition coefficient (Wildman–Crippen LogP) is 3.20. The van der Waals surface area contributed by atoms with Crippen molar-refractivity contribution >= 4 is 21.6 Å². The highest BCUT2D eigenvalue weighted by atomic mass is 79.9. The van der Waals surface area contributed by atoms with Gasteiger partial charge in [0.05, 0.1) is 17.4 Å². The highest BCUT2D eigenvalue weighted by Crippen LogP contribution is 2.33. The molecule has 0 saturated carbocycles. The maximum atomic E-state index is 13.0. The molecule has 22 heavy (non-hydrogen) atoms. The summed E-state index contributed by atoms with van der Waals surface area (Å²) in [4.78, 5) is 13.4. The smallest absolute Gasteiger partial charge is 0.368 e. The summed E-state index contributed by atoms with van der Waals surface area (Å²) in [6.45, 7) is 0.00311. The third-order valence-corrected chi connectivity index (χ3v) is 3.95. The van der Waals surface area contributed by atoms with Gasteiger partial charge >= 0.3 is 6.18 Å². The molecule has 1 heterocycles. The van der Waals surface area contributed by atoms with Crippen molar-refractivity contribution in [3.8, 4) is 0 Å². The maximum absolute atomic E-state index is 13.0. The van der Waals surface area contributed by atoms with E-state index in [0.717, 1.165) is 10.7 Å². The Labute approximate surface area is 133 Å². The Morgan fingerprint density at radius 3 is 2.59 bits per heavy atom. The van der Waals surface area contributed by atoms with Crippen molar-refractivity contribution in [1.82, 2.24) is 9.78 Å². The zero-order chi connectivity index (χ0) is 16.5. The molecular weight excluding hydrogens is 363 g/mol. The number of hydrogen-bond acceptors (Lipinski definition) is 3. The molecule has 0 bridgehead atoms. The van der Waals surface area contributed by atoms with Gasteiger partial charge in [-0.15, -0.1) is 0 Å². The molecule has 0 amide bonds. The van der Waals surface area contributed by atoms with Gasteiger partial charge in [0, 0.05) is 20.6 Å². The number of aryl methyl sites for hydroxylation is 1. The van der Waals surface area contributed by atoms with Crippen molar-refractivity contribution in [2.75, 3.05) is 11.9 Å². The van der Waals surface area contributed by atoms with E-state index >= 15 is 0 Å². The number of hydrogen-bond donors (Lipinski definition) is 0.